The van der Waals surface area contributed by atoms with Crippen molar-refractivity contribution in [1.82, 2.24) is 0 Å². The molecule has 1 aliphatic carbocycles. The Morgan fingerprint density at radius 3 is 2.50 bits per heavy atom. The zero-order valence-electron chi connectivity index (χ0n) is 9.10. The monoisotopic (exact) mass is 286 g/mol. The van der Waals surface area contributed by atoms with Crippen molar-refractivity contribution in [3.63, 3.8) is 0 Å². The quantitative estimate of drug-likeness (QED) is 0.906. The molecule has 0 radical (unpaired) electrons. The first kappa shape index (κ1) is 11.6. The van der Waals surface area contributed by atoms with Gasteiger partial charge in [-0.25, -0.2) is 4.39 Å². The molecule has 4 heteroatoms. The van der Waals surface area contributed by atoms with Crippen LogP contribution in [0.1, 0.15) is 29.5 Å². The number of carboxylic acids is 1. The van der Waals surface area contributed by atoms with Crippen molar-refractivity contribution >= 4 is 21.9 Å². The zero-order valence-corrected chi connectivity index (χ0v) is 10.7. The molecule has 86 valence electrons. The molecular weight excluding hydrogens is 275 g/mol. The minimum atomic E-state index is -0.850. The third kappa shape index (κ3) is 1.47. The Labute approximate surface area is 102 Å². The second-order valence-electron chi connectivity index (χ2n) is 4.38. The SMILES string of the molecule is Cc1cc(C2(C(=O)O)CC2)c(C)c(F)c1Br. The fourth-order valence-electron chi connectivity index (χ4n) is 2.06. The normalized spacial score (nSPS) is 17.2. The number of hydrogen-bond donors (Lipinski definition) is 1. The standard InChI is InChI=1S/C12H12BrFO2/c1-6-5-8(7(2)10(14)9(6)13)12(3-4-12)11(15)16/h5H,3-4H2,1-2H3,(H,15,16). The summed E-state index contributed by atoms with van der Waals surface area (Å²) in [5, 5.41) is 9.20. The van der Waals surface area contributed by atoms with E-state index >= 15 is 0 Å². The highest BCUT2D eigenvalue weighted by Crippen LogP contribution is 2.50. The number of aryl methyl sites for hydroxylation is 1. The molecule has 0 spiro atoms. The Bertz CT molecular complexity index is 478. The van der Waals surface area contributed by atoms with Crippen LogP contribution in [0.5, 0.6) is 0 Å². The molecule has 2 rings (SSSR count). The first-order valence-corrected chi connectivity index (χ1v) is 5.88. The molecular formula is C12H12BrFO2. The lowest BCUT2D eigenvalue weighted by Crippen LogP contribution is -2.21. The second-order valence-corrected chi connectivity index (χ2v) is 5.17. The van der Waals surface area contributed by atoms with E-state index in [9.17, 15) is 14.3 Å². The van der Waals surface area contributed by atoms with Crippen molar-refractivity contribution in [1.29, 1.82) is 0 Å². The fraction of sp³-hybridized carbons (Fsp3) is 0.417. The van der Waals surface area contributed by atoms with E-state index in [-0.39, 0.29) is 5.82 Å². The Balaban J connectivity index is 2.63. The van der Waals surface area contributed by atoms with E-state index in [4.69, 9.17) is 0 Å². The average Bonchev–Trinajstić information content (AvgIpc) is 3.01. The van der Waals surface area contributed by atoms with Gasteiger partial charge in [0.05, 0.1) is 9.89 Å². The lowest BCUT2D eigenvalue weighted by molar-refractivity contribution is -0.140. The van der Waals surface area contributed by atoms with Crippen molar-refractivity contribution < 1.29 is 14.3 Å². The van der Waals surface area contributed by atoms with Crippen LogP contribution in [0.2, 0.25) is 0 Å². The molecule has 1 aromatic rings. The molecule has 0 bridgehead atoms. The van der Waals surface area contributed by atoms with Crippen LogP contribution >= 0.6 is 15.9 Å². The Morgan fingerprint density at radius 2 is 2.06 bits per heavy atom. The van der Waals surface area contributed by atoms with Crippen molar-refractivity contribution in [2.24, 2.45) is 0 Å². The first-order chi connectivity index (χ1) is 7.40. The largest absolute Gasteiger partial charge is 0.481 e. The van der Waals surface area contributed by atoms with Gasteiger partial charge in [-0.15, -0.1) is 0 Å². The van der Waals surface area contributed by atoms with Crippen LogP contribution in [0.25, 0.3) is 0 Å². The third-order valence-electron chi connectivity index (χ3n) is 3.31. The van der Waals surface area contributed by atoms with Crippen LogP contribution < -0.4 is 0 Å². The van der Waals surface area contributed by atoms with Gasteiger partial charge in [-0.05, 0) is 59.3 Å². The molecule has 1 saturated carbocycles. The molecule has 1 aromatic carbocycles. The number of carboxylic acid groups (broad SMARTS) is 1. The summed E-state index contributed by atoms with van der Waals surface area (Å²) in [5.74, 6) is -1.20. The van der Waals surface area contributed by atoms with Gasteiger partial charge in [0.1, 0.15) is 5.82 Å². The Kier molecular flexibility index (Phi) is 2.57. The summed E-state index contributed by atoms with van der Waals surface area (Å²) in [7, 11) is 0. The summed E-state index contributed by atoms with van der Waals surface area (Å²) in [6, 6.07) is 1.78. The number of carbonyl (C=O) groups is 1. The maximum Gasteiger partial charge on any atom is 0.314 e. The van der Waals surface area contributed by atoms with E-state index in [0.717, 1.165) is 5.56 Å². The van der Waals surface area contributed by atoms with Crippen LogP contribution in [-0.4, -0.2) is 11.1 Å². The number of benzene rings is 1. The summed E-state index contributed by atoms with van der Waals surface area (Å²) < 4.78 is 14.3. The highest BCUT2D eigenvalue weighted by Gasteiger charge is 2.53. The van der Waals surface area contributed by atoms with Crippen molar-refractivity contribution in [2.75, 3.05) is 0 Å². The van der Waals surface area contributed by atoms with Crippen LogP contribution in [0.4, 0.5) is 4.39 Å². The van der Waals surface area contributed by atoms with Crippen LogP contribution in [0, 0.1) is 19.7 Å². The van der Waals surface area contributed by atoms with Crippen molar-refractivity contribution in [3.05, 3.63) is 33.0 Å². The van der Waals surface area contributed by atoms with Gasteiger partial charge in [-0.1, -0.05) is 6.07 Å². The summed E-state index contributed by atoms with van der Waals surface area (Å²) in [5.41, 5.74) is 0.970. The minimum absolute atomic E-state index is 0.345. The summed E-state index contributed by atoms with van der Waals surface area (Å²) in [4.78, 5) is 11.2. The van der Waals surface area contributed by atoms with Crippen LogP contribution in [0.15, 0.2) is 10.5 Å². The van der Waals surface area contributed by atoms with Gasteiger partial charge in [0, 0.05) is 0 Å². The van der Waals surface area contributed by atoms with Crippen LogP contribution in [0.3, 0.4) is 0 Å². The molecule has 0 atom stereocenters. The first-order valence-electron chi connectivity index (χ1n) is 5.09. The van der Waals surface area contributed by atoms with E-state index < -0.39 is 11.4 Å². The second kappa shape index (κ2) is 3.55. The van der Waals surface area contributed by atoms with Crippen LogP contribution in [-0.2, 0) is 10.2 Å². The Hall–Kier alpha value is -0.900. The number of halogens is 2. The fourth-order valence-corrected chi connectivity index (χ4v) is 2.48. The molecule has 0 saturated heterocycles. The highest BCUT2D eigenvalue weighted by atomic mass is 79.9. The van der Waals surface area contributed by atoms with Gasteiger partial charge in [0.25, 0.3) is 0 Å². The topological polar surface area (TPSA) is 37.3 Å². The van der Waals surface area contributed by atoms with E-state index in [1.165, 1.54) is 0 Å². The van der Waals surface area contributed by atoms with E-state index in [1.54, 1.807) is 19.9 Å². The van der Waals surface area contributed by atoms with E-state index in [2.05, 4.69) is 15.9 Å². The zero-order chi connectivity index (χ0) is 12.1. The summed E-state index contributed by atoms with van der Waals surface area (Å²) in [6.07, 6.45) is 1.20. The lowest BCUT2D eigenvalue weighted by atomic mass is 9.90. The minimum Gasteiger partial charge on any atom is -0.481 e. The lowest BCUT2D eigenvalue weighted by Gasteiger charge is -2.16. The molecule has 16 heavy (non-hydrogen) atoms. The average molecular weight is 287 g/mol. The maximum atomic E-state index is 13.8. The predicted octanol–water partition coefficient (Wildman–Crippen LogP) is 3.32. The van der Waals surface area contributed by atoms with Gasteiger partial charge in [-0.2, -0.15) is 0 Å². The molecule has 1 aliphatic rings. The highest BCUT2D eigenvalue weighted by molar-refractivity contribution is 9.10. The van der Waals surface area contributed by atoms with Gasteiger partial charge < -0.3 is 5.11 Å². The molecule has 0 aromatic heterocycles. The molecule has 0 amide bonds. The third-order valence-corrected chi connectivity index (χ3v) is 4.28. The number of hydrogen-bond acceptors (Lipinski definition) is 1. The van der Waals surface area contributed by atoms with Gasteiger partial charge in [-0.3, -0.25) is 4.79 Å². The Morgan fingerprint density at radius 1 is 1.50 bits per heavy atom. The van der Waals surface area contributed by atoms with Gasteiger partial charge in [0.2, 0.25) is 0 Å². The van der Waals surface area contributed by atoms with Crippen molar-refractivity contribution in [3.8, 4) is 0 Å². The van der Waals surface area contributed by atoms with E-state index in [0.29, 0.717) is 28.4 Å². The number of aliphatic carboxylic acids is 1. The molecule has 2 nitrogen and oxygen atoms in total. The van der Waals surface area contributed by atoms with Gasteiger partial charge >= 0.3 is 5.97 Å². The smallest absolute Gasteiger partial charge is 0.314 e. The molecule has 1 fully saturated rings. The molecule has 0 heterocycles. The van der Waals surface area contributed by atoms with Crippen molar-refractivity contribution in [2.45, 2.75) is 32.1 Å². The molecule has 0 aliphatic heterocycles. The number of rotatable bonds is 2. The summed E-state index contributed by atoms with van der Waals surface area (Å²) in [6.45, 7) is 3.41. The molecule has 1 N–H and O–H groups in total. The molecule has 0 unspecified atom stereocenters. The van der Waals surface area contributed by atoms with E-state index in [1.807, 2.05) is 0 Å². The maximum absolute atomic E-state index is 13.8. The van der Waals surface area contributed by atoms with Gasteiger partial charge in [0.15, 0.2) is 0 Å². The summed E-state index contributed by atoms with van der Waals surface area (Å²) >= 11 is 3.17. The predicted molar refractivity (Wildman–Crippen MR) is 62.1 cm³/mol.